The van der Waals surface area contributed by atoms with Crippen LogP contribution in [0.4, 0.5) is 5.82 Å². The van der Waals surface area contributed by atoms with E-state index in [2.05, 4.69) is 43.3 Å². The maximum Gasteiger partial charge on any atom is 0.223 e. The third-order valence-corrected chi connectivity index (χ3v) is 6.56. The quantitative estimate of drug-likeness (QED) is 0.265. The molecule has 0 saturated carbocycles. The third-order valence-electron chi connectivity index (χ3n) is 6.56. The lowest BCUT2D eigenvalue weighted by atomic mass is 10.1. The van der Waals surface area contributed by atoms with Crippen LogP contribution in [-0.4, -0.2) is 50.6 Å². The van der Waals surface area contributed by atoms with Crippen molar-refractivity contribution in [2.24, 2.45) is 4.99 Å². The number of hydrogen-bond acceptors (Lipinski definition) is 6. The largest absolute Gasteiger partial charge is 0.370 e. The second-order valence-corrected chi connectivity index (χ2v) is 9.20. The predicted molar refractivity (Wildman–Crippen MR) is 150 cm³/mol. The number of fused-ring (bicyclic) bond motifs is 2. The van der Waals surface area contributed by atoms with Gasteiger partial charge in [0.15, 0.2) is 5.82 Å². The van der Waals surface area contributed by atoms with E-state index in [0.717, 1.165) is 58.3 Å². The Morgan fingerprint density at radius 1 is 1.24 bits per heavy atom. The third kappa shape index (κ3) is 5.11. The number of carbonyl (C=O) groups excluding carboxylic acids is 1. The van der Waals surface area contributed by atoms with Crippen LogP contribution in [0.5, 0.6) is 0 Å². The highest BCUT2D eigenvalue weighted by Gasteiger charge is 2.23. The van der Waals surface area contributed by atoms with E-state index in [1.165, 1.54) is 19.3 Å². The van der Waals surface area contributed by atoms with Crippen molar-refractivity contribution >= 4 is 40.7 Å². The first-order chi connectivity index (χ1) is 18.1. The molecule has 0 radical (unpaired) electrons. The Kier molecular flexibility index (Phi) is 7.02. The second kappa shape index (κ2) is 10.7. The number of aromatic nitrogens is 4. The molecule has 3 aromatic heterocycles. The van der Waals surface area contributed by atoms with Crippen LogP contribution in [0.3, 0.4) is 0 Å². The molecule has 3 aromatic rings. The molecule has 4 N–H and O–H groups in total. The summed E-state index contributed by atoms with van der Waals surface area (Å²) in [5.74, 6) is 1.49. The normalized spacial score (nSPS) is 16.2. The molecule has 0 unspecified atom stereocenters. The molecular weight excluding hydrogens is 464 g/mol. The Labute approximate surface area is 216 Å². The Morgan fingerprint density at radius 2 is 2.08 bits per heavy atom. The van der Waals surface area contributed by atoms with Crippen molar-refractivity contribution in [2.75, 3.05) is 18.4 Å². The summed E-state index contributed by atoms with van der Waals surface area (Å²) >= 11 is 0. The number of anilines is 1. The van der Waals surface area contributed by atoms with Crippen LogP contribution in [0.1, 0.15) is 50.9 Å². The summed E-state index contributed by atoms with van der Waals surface area (Å²) in [4.78, 5) is 34.9. The van der Waals surface area contributed by atoms with E-state index in [1.54, 1.807) is 6.20 Å². The zero-order chi connectivity index (χ0) is 25.8. The van der Waals surface area contributed by atoms with Gasteiger partial charge in [0.1, 0.15) is 11.5 Å². The van der Waals surface area contributed by atoms with E-state index >= 15 is 0 Å². The van der Waals surface area contributed by atoms with Gasteiger partial charge in [0.25, 0.3) is 0 Å². The molecule has 9 heteroatoms. The molecule has 2 aliphatic rings. The molecule has 0 atom stereocenters. The number of aliphatic imine (C=N–C) groups is 1. The van der Waals surface area contributed by atoms with Gasteiger partial charge in [-0.25, -0.2) is 9.97 Å². The van der Waals surface area contributed by atoms with Crippen molar-refractivity contribution in [3.8, 4) is 11.4 Å². The molecule has 1 fully saturated rings. The second-order valence-electron chi connectivity index (χ2n) is 9.20. The maximum absolute atomic E-state index is 11.8. The number of nitrogens with zero attached hydrogens (tertiary/aromatic N) is 4. The van der Waals surface area contributed by atoms with Crippen LogP contribution in [0, 0.1) is 0 Å². The number of H-pyrrole nitrogens is 2. The molecular formula is C28H32N8O. The highest BCUT2D eigenvalue weighted by molar-refractivity contribution is 5.93. The van der Waals surface area contributed by atoms with Crippen LogP contribution in [0.2, 0.25) is 0 Å². The van der Waals surface area contributed by atoms with E-state index in [-0.39, 0.29) is 5.91 Å². The minimum atomic E-state index is -0.0463. The molecule has 1 amide bonds. The van der Waals surface area contributed by atoms with Crippen molar-refractivity contribution in [2.45, 2.75) is 39.5 Å². The van der Waals surface area contributed by atoms with E-state index < -0.39 is 0 Å². The summed E-state index contributed by atoms with van der Waals surface area (Å²) in [6.45, 7) is 9.36. The highest BCUT2D eigenvalue weighted by Crippen LogP contribution is 2.34. The SMILES string of the molecule is C=N/C=C(\C=C(/C)NC(=O)CC)c1ccc2[nH]cc(-c3nc4c([nH]3)C(N3CCCCC3)=CC=CN4)c2n1. The van der Waals surface area contributed by atoms with E-state index in [4.69, 9.17) is 9.97 Å². The van der Waals surface area contributed by atoms with Gasteiger partial charge in [0.05, 0.1) is 28.0 Å². The molecule has 0 aromatic carbocycles. The fraction of sp³-hybridized carbons (Fsp3) is 0.286. The highest BCUT2D eigenvalue weighted by atomic mass is 16.1. The summed E-state index contributed by atoms with van der Waals surface area (Å²) in [5.41, 5.74) is 6.87. The minimum Gasteiger partial charge on any atom is -0.370 e. The number of allylic oxidation sites excluding steroid dienone is 5. The number of aromatic amines is 2. The molecule has 37 heavy (non-hydrogen) atoms. The number of hydrogen-bond donors (Lipinski definition) is 4. The van der Waals surface area contributed by atoms with Gasteiger partial charge >= 0.3 is 0 Å². The molecule has 5 heterocycles. The van der Waals surface area contributed by atoms with Crippen LogP contribution in [-0.2, 0) is 4.79 Å². The lowest BCUT2D eigenvalue weighted by molar-refractivity contribution is -0.120. The van der Waals surface area contributed by atoms with Gasteiger partial charge < -0.3 is 25.5 Å². The van der Waals surface area contributed by atoms with Crippen molar-refractivity contribution in [3.63, 3.8) is 0 Å². The molecule has 5 rings (SSSR count). The van der Waals surface area contributed by atoms with Crippen LogP contribution >= 0.6 is 0 Å². The van der Waals surface area contributed by atoms with Crippen molar-refractivity contribution in [1.82, 2.24) is 30.2 Å². The molecule has 1 saturated heterocycles. The zero-order valence-corrected chi connectivity index (χ0v) is 21.3. The van der Waals surface area contributed by atoms with Gasteiger partial charge in [-0.2, -0.15) is 0 Å². The average Bonchev–Trinajstić information content (AvgIpc) is 3.47. The minimum absolute atomic E-state index is 0.0463. The van der Waals surface area contributed by atoms with Crippen LogP contribution in [0.15, 0.2) is 59.6 Å². The summed E-state index contributed by atoms with van der Waals surface area (Å²) in [5, 5.41) is 6.18. The zero-order valence-electron chi connectivity index (χ0n) is 21.3. The average molecular weight is 497 g/mol. The number of imidazole rings is 1. The van der Waals surface area contributed by atoms with E-state index in [9.17, 15) is 4.79 Å². The number of rotatable bonds is 7. The standard InChI is InChI=1S/C28H32N8O/c1-4-24(37)32-18(2)15-19(16-29-3)21-10-11-22-25(33-21)20(17-31-22)27-34-26-23(36-13-6-5-7-14-36)9-8-12-30-28(26)35-27/h8-12,15-17,30-31H,3-7,13-14H2,1-2H3,(H,32,37)(H,34,35)/b18-15+,19-16+. The molecule has 0 bridgehead atoms. The summed E-state index contributed by atoms with van der Waals surface area (Å²) < 4.78 is 0. The molecule has 190 valence electrons. The first-order valence-electron chi connectivity index (χ1n) is 12.7. The maximum atomic E-state index is 11.8. The topological polar surface area (TPSA) is 114 Å². The first-order valence-corrected chi connectivity index (χ1v) is 12.7. The van der Waals surface area contributed by atoms with Gasteiger partial charge in [-0.3, -0.25) is 9.79 Å². The van der Waals surface area contributed by atoms with E-state index in [1.807, 2.05) is 50.5 Å². The van der Waals surface area contributed by atoms with Crippen molar-refractivity contribution < 1.29 is 4.79 Å². The van der Waals surface area contributed by atoms with Crippen LogP contribution < -0.4 is 10.6 Å². The Balaban J connectivity index is 1.52. The summed E-state index contributed by atoms with van der Waals surface area (Å²) in [7, 11) is 0. The van der Waals surface area contributed by atoms with Gasteiger partial charge in [-0.1, -0.05) is 6.92 Å². The predicted octanol–water partition coefficient (Wildman–Crippen LogP) is 5.19. The number of piperidine rings is 1. The molecule has 0 aliphatic carbocycles. The molecule has 0 spiro atoms. The monoisotopic (exact) mass is 496 g/mol. The fourth-order valence-electron chi connectivity index (χ4n) is 4.73. The Bertz CT molecular complexity index is 1450. The Morgan fingerprint density at radius 3 is 2.86 bits per heavy atom. The van der Waals surface area contributed by atoms with Gasteiger partial charge in [-0.15, -0.1) is 0 Å². The smallest absolute Gasteiger partial charge is 0.223 e. The first kappa shape index (κ1) is 24.3. The Hall–Kier alpha value is -4.40. The van der Waals surface area contributed by atoms with E-state index in [0.29, 0.717) is 17.8 Å². The van der Waals surface area contributed by atoms with Gasteiger partial charge in [0.2, 0.25) is 5.91 Å². The number of amides is 1. The van der Waals surface area contributed by atoms with Gasteiger partial charge in [-0.05, 0) is 63.3 Å². The fourth-order valence-corrected chi connectivity index (χ4v) is 4.73. The van der Waals surface area contributed by atoms with Crippen molar-refractivity contribution in [3.05, 3.63) is 66.0 Å². The number of pyridine rings is 1. The summed E-state index contributed by atoms with van der Waals surface area (Å²) in [6, 6.07) is 3.91. The van der Waals surface area contributed by atoms with Crippen LogP contribution in [0.25, 0.3) is 33.7 Å². The number of likely N-dealkylation sites (tertiary alicyclic amines) is 1. The van der Waals surface area contributed by atoms with Gasteiger partial charge in [0, 0.05) is 49.4 Å². The lowest BCUT2D eigenvalue weighted by Gasteiger charge is -2.30. The lowest BCUT2D eigenvalue weighted by Crippen LogP contribution is -2.28. The summed E-state index contributed by atoms with van der Waals surface area (Å²) in [6.07, 6.45) is 15.6. The number of nitrogens with one attached hydrogen (secondary N) is 4. The molecule has 9 nitrogen and oxygen atoms in total. The van der Waals surface area contributed by atoms with Crippen molar-refractivity contribution in [1.29, 1.82) is 0 Å². The number of carbonyl (C=O) groups is 1. The molecule has 2 aliphatic heterocycles.